The van der Waals surface area contributed by atoms with Crippen LogP contribution in [0.1, 0.15) is 44.3 Å². The molecule has 30 heavy (non-hydrogen) atoms. The summed E-state index contributed by atoms with van der Waals surface area (Å²) in [4.78, 5) is 10.8. The Morgan fingerprint density at radius 2 is 1.80 bits per heavy atom. The molecule has 1 fully saturated rings. The van der Waals surface area contributed by atoms with E-state index in [1.807, 2.05) is 6.07 Å². The number of anilines is 1. The summed E-state index contributed by atoms with van der Waals surface area (Å²) in [5.41, 5.74) is 0.480. The molecule has 0 aliphatic heterocycles. The fourth-order valence-electron chi connectivity index (χ4n) is 3.64. The van der Waals surface area contributed by atoms with Crippen LogP contribution in [-0.4, -0.2) is 31.0 Å². The number of hydrogen-bond acceptors (Lipinski definition) is 6. The second-order valence-electron chi connectivity index (χ2n) is 7.82. The summed E-state index contributed by atoms with van der Waals surface area (Å²) in [6.07, 6.45) is 2.59. The van der Waals surface area contributed by atoms with Crippen LogP contribution in [0.5, 0.6) is 0 Å². The molecule has 0 unspecified atom stereocenters. The van der Waals surface area contributed by atoms with Crippen molar-refractivity contribution in [3.05, 3.63) is 64.2 Å². The monoisotopic (exact) mass is 433 g/mol. The highest BCUT2D eigenvalue weighted by atomic mass is 32.2. The molecule has 1 saturated carbocycles. The molecule has 1 aliphatic rings. The van der Waals surface area contributed by atoms with Gasteiger partial charge in [-0.05, 0) is 49.3 Å². The van der Waals surface area contributed by atoms with Gasteiger partial charge in [0.05, 0.1) is 15.9 Å². The number of rotatable bonds is 8. The zero-order valence-electron chi connectivity index (χ0n) is 16.8. The lowest BCUT2D eigenvalue weighted by Crippen LogP contribution is -2.37. The van der Waals surface area contributed by atoms with Crippen LogP contribution in [-0.2, 0) is 10.0 Å². The van der Waals surface area contributed by atoms with Gasteiger partial charge in [0.2, 0.25) is 10.0 Å². The molecule has 3 N–H and O–H groups in total. The van der Waals surface area contributed by atoms with Gasteiger partial charge < -0.3 is 10.4 Å². The van der Waals surface area contributed by atoms with Gasteiger partial charge in [0.25, 0.3) is 5.69 Å². The SMILES string of the molecule is CC1CCC(NS(=O)(=O)c2ccc(NC[C@@H](O)c3ccccc3)c([N+](=O)[O-])c2)CC1. The van der Waals surface area contributed by atoms with E-state index in [0.29, 0.717) is 11.5 Å². The number of hydrogen-bond donors (Lipinski definition) is 3. The van der Waals surface area contributed by atoms with Gasteiger partial charge in [0.15, 0.2) is 0 Å². The molecule has 2 aromatic carbocycles. The fourth-order valence-corrected chi connectivity index (χ4v) is 4.97. The molecule has 0 spiro atoms. The van der Waals surface area contributed by atoms with E-state index in [9.17, 15) is 23.6 Å². The van der Waals surface area contributed by atoms with E-state index in [1.54, 1.807) is 24.3 Å². The summed E-state index contributed by atoms with van der Waals surface area (Å²) in [6, 6.07) is 12.6. The van der Waals surface area contributed by atoms with Crippen molar-refractivity contribution in [1.29, 1.82) is 0 Å². The molecule has 0 radical (unpaired) electrons. The molecule has 8 nitrogen and oxygen atoms in total. The largest absolute Gasteiger partial charge is 0.387 e. The highest BCUT2D eigenvalue weighted by molar-refractivity contribution is 7.89. The Bertz CT molecular complexity index is 973. The third-order valence-corrected chi connectivity index (χ3v) is 7.00. The van der Waals surface area contributed by atoms with Crippen LogP contribution in [0.4, 0.5) is 11.4 Å². The Morgan fingerprint density at radius 1 is 1.13 bits per heavy atom. The van der Waals surface area contributed by atoms with Crippen LogP contribution < -0.4 is 10.0 Å². The number of nitrogens with one attached hydrogen (secondary N) is 2. The van der Waals surface area contributed by atoms with Gasteiger partial charge in [-0.3, -0.25) is 10.1 Å². The average molecular weight is 434 g/mol. The van der Waals surface area contributed by atoms with Gasteiger partial charge in [0, 0.05) is 18.7 Å². The first-order chi connectivity index (χ1) is 14.3. The average Bonchev–Trinajstić information content (AvgIpc) is 2.74. The lowest BCUT2D eigenvalue weighted by Gasteiger charge is -2.26. The quantitative estimate of drug-likeness (QED) is 0.432. The number of aliphatic hydroxyl groups excluding tert-OH is 1. The Hall–Kier alpha value is -2.49. The van der Waals surface area contributed by atoms with E-state index in [2.05, 4.69) is 17.0 Å². The van der Waals surface area contributed by atoms with Crippen molar-refractivity contribution in [2.75, 3.05) is 11.9 Å². The lowest BCUT2D eigenvalue weighted by molar-refractivity contribution is -0.384. The van der Waals surface area contributed by atoms with E-state index in [0.717, 1.165) is 31.7 Å². The molecule has 162 valence electrons. The predicted octanol–water partition coefficient (Wildman–Crippen LogP) is 3.60. The zero-order valence-corrected chi connectivity index (χ0v) is 17.6. The summed E-state index contributed by atoms with van der Waals surface area (Å²) in [6.45, 7) is 2.20. The van der Waals surface area contributed by atoms with Crippen molar-refractivity contribution >= 4 is 21.4 Å². The Kier molecular flexibility index (Phi) is 7.06. The van der Waals surface area contributed by atoms with Crippen LogP contribution in [0.15, 0.2) is 53.4 Å². The van der Waals surface area contributed by atoms with E-state index in [4.69, 9.17) is 0 Å². The summed E-state index contributed by atoms with van der Waals surface area (Å²) in [5, 5.41) is 24.6. The van der Waals surface area contributed by atoms with Crippen LogP contribution in [0.3, 0.4) is 0 Å². The first kappa shape index (κ1) is 22.2. The number of nitro groups is 1. The van der Waals surface area contributed by atoms with Crippen molar-refractivity contribution in [2.24, 2.45) is 5.92 Å². The molecule has 0 saturated heterocycles. The van der Waals surface area contributed by atoms with Crippen molar-refractivity contribution in [2.45, 2.75) is 49.6 Å². The second kappa shape index (κ2) is 9.55. The summed E-state index contributed by atoms with van der Waals surface area (Å²) < 4.78 is 28.1. The van der Waals surface area contributed by atoms with Gasteiger partial charge in [-0.15, -0.1) is 0 Å². The smallest absolute Gasteiger partial charge is 0.293 e. The van der Waals surface area contributed by atoms with Gasteiger partial charge in [0.1, 0.15) is 5.69 Å². The minimum Gasteiger partial charge on any atom is -0.387 e. The first-order valence-electron chi connectivity index (χ1n) is 10.0. The highest BCUT2D eigenvalue weighted by Crippen LogP contribution is 2.30. The van der Waals surface area contributed by atoms with Gasteiger partial charge in [-0.2, -0.15) is 0 Å². The Morgan fingerprint density at radius 3 is 2.43 bits per heavy atom. The molecular formula is C21H27N3O5S. The number of aliphatic hydroxyl groups is 1. The molecule has 0 amide bonds. The lowest BCUT2D eigenvalue weighted by atomic mass is 9.88. The van der Waals surface area contributed by atoms with E-state index in [-0.39, 0.29) is 28.9 Å². The van der Waals surface area contributed by atoms with Crippen molar-refractivity contribution in [3.63, 3.8) is 0 Å². The van der Waals surface area contributed by atoms with Crippen LogP contribution in [0.2, 0.25) is 0 Å². The molecule has 1 aliphatic carbocycles. The fraction of sp³-hybridized carbons (Fsp3) is 0.429. The van der Waals surface area contributed by atoms with Crippen molar-refractivity contribution in [1.82, 2.24) is 4.72 Å². The molecule has 9 heteroatoms. The highest BCUT2D eigenvalue weighted by Gasteiger charge is 2.26. The normalized spacial score (nSPS) is 20.5. The second-order valence-corrected chi connectivity index (χ2v) is 9.54. The standard InChI is InChI=1S/C21H27N3O5S/c1-15-7-9-17(10-8-15)23-30(28,29)18-11-12-19(20(13-18)24(26)27)22-14-21(25)16-5-3-2-4-6-16/h2-6,11-13,15,17,21-23,25H,7-10,14H2,1H3/t15?,17?,21-/m1/s1. The molecule has 3 rings (SSSR count). The summed E-state index contributed by atoms with van der Waals surface area (Å²) in [7, 11) is -3.86. The molecule has 1 atom stereocenters. The third-order valence-electron chi connectivity index (χ3n) is 5.48. The minimum absolute atomic E-state index is 0.0511. The first-order valence-corrected chi connectivity index (χ1v) is 11.5. The minimum atomic E-state index is -3.86. The van der Waals surface area contributed by atoms with Gasteiger partial charge in [-0.25, -0.2) is 13.1 Å². The maximum atomic E-state index is 12.7. The number of nitrogens with zero attached hydrogens (tertiary/aromatic N) is 1. The van der Waals surface area contributed by atoms with Gasteiger partial charge in [-0.1, -0.05) is 37.3 Å². The van der Waals surface area contributed by atoms with Crippen molar-refractivity contribution in [3.8, 4) is 0 Å². The van der Waals surface area contributed by atoms with Crippen LogP contribution in [0.25, 0.3) is 0 Å². The Balaban J connectivity index is 1.73. The molecule has 0 aromatic heterocycles. The number of nitro benzene ring substituents is 1. The number of sulfonamides is 1. The molecule has 0 bridgehead atoms. The van der Waals surface area contributed by atoms with E-state index in [1.165, 1.54) is 12.1 Å². The van der Waals surface area contributed by atoms with Crippen LogP contribution in [0, 0.1) is 16.0 Å². The molecule has 0 heterocycles. The molecule has 2 aromatic rings. The molecular weight excluding hydrogens is 406 g/mol. The van der Waals surface area contributed by atoms with Crippen LogP contribution >= 0.6 is 0 Å². The maximum absolute atomic E-state index is 12.7. The maximum Gasteiger partial charge on any atom is 0.293 e. The topological polar surface area (TPSA) is 122 Å². The summed E-state index contributed by atoms with van der Waals surface area (Å²) in [5.74, 6) is 0.587. The zero-order chi connectivity index (χ0) is 21.7. The third kappa shape index (κ3) is 5.56. The van der Waals surface area contributed by atoms with E-state index >= 15 is 0 Å². The van der Waals surface area contributed by atoms with Crippen molar-refractivity contribution < 1.29 is 18.4 Å². The Labute approximate surface area is 176 Å². The van der Waals surface area contributed by atoms with Gasteiger partial charge >= 0.3 is 0 Å². The predicted molar refractivity (Wildman–Crippen MR) is 115 cm³/mol. The number of benzene rings is 2. The van der Waals surface area contributed by atoms with E-state index < -0.39 is 21.1 Å². The summed E-state index contributed by atoms with van der Waals surface area (Å²) >= 11 is 0.